The van der Waals surface area contributed by atoms with Gasteiger partial charge in [-0.05, 0) is 47.4 Å². The van der Waals surface area contributed by atoms with Crippen molar-refractivity contribution in [2.45, 2.75) is 13.1 Å². The molecule has 2 aliphatic heterocycles. The van der Waals surface area contributed by atoms with Gasteiger partial charge < -0.3 is 9.47 Å². The zero-order valence-corrected chi connectivity index (χ0v) is 17.3. The predicted octanol–water partition coefficient (Wildman–Crippen LogP) is 5.48. The monoisotopic (exact) mass is 453 g/mol. The average Bonchev–Trinajstić information content (AvgIpc) is 3.32. The van der Waals surface area contributed by atoms with Crippen LogP contribution in [0.2, 0.25) is 0 Å². The van der Waals surface area contributed by atoms with Crippen LogP contribution in [0.3, 0.4) is 0 Å². The van der Waals surface area contributed by atoms with Crippen LogP contribution in [0.1, 0.15) is 26.4 Å². The number of thiophene rings is 1. The molecule has 0 unspecified atom stereocenters. The standard InChI is InChI=1S/C22H16BrNO3S/c23-15-5-3-14(4-6-15)10-20-21(25)17-7-8-19-18(22(17)27-20)12-24(13-26-19)11-16-2-1-9-28-16/h1-10H,11-13H2/b20-10-. The van der Waals surface area contributed by atoms with Gasteiger partial charge in [0, 0.05) is 22.4 Å². The Hall–Kier alpha value is -2.41. The number of ketones is 1. The van der Waals surface area contributed by atoms with Gasteiger partial charge in [-0.3, -0.25) is 9.69 Å². The summed E-state index contributed by atoms with van der Waals surface area (Å²) in [6.45, 7) is 2.03. The molecule has 3 aromatic rings. The first-order chi connectivity index (χ1) is 13.7. The summed E-state index contributed by atoms with van der Waals surface area (Å²) in [5, 5.41) is 2.08. The number of Topliss-reactive ketones (excluding diaryl/α,β-unsaturated/α-hetero) is 1. The second kappa shape index (κ2) is 7.20. The third-order valence-corrected chi connectivity index (χ3v) is 6.20. The molecule has 0 fully saturated rings. The van der Waals surface area contributed by atoms with Gasteiger partial charge in [-0.25, -0.2) is 0 Å². The third-order valence-electron chi connectivity index (χ3n) is 4.81. The highest BCUT2D eigenvalue weighted by Gasteiger charge is 2.33. The van der Waals surface area contributed by atoms with E-state index in [0.717, 1.165) is 27.9 Å². The average molecular weight is 454 g/mol. The first-order valence-corrected chi connectivity index (χ1v) is 10.6. The van der Waals surface area contributed by atoms with E-state index in [9.17, 15) is 4.79 Å². The molecule has 4 nitrogen and oxygen atoms in total. The van der Waals surface area contributed by atoms with Crippen LogP contribution in [-0.2, 0) is 13.1 Å². The number of allylic oxidation sites excluding steroid dienone is 1. The Kier molecular flexibility index (Phi) is 4.55. The predicted molar refractivity (Wildman–Crippen MR) is 113 cm³/mol. The maximum atomic E-state index is 12.8. The zero-order chi connectivity index (χ0) is 19.1. The van der Waals surface area contributed by atoms with E-state index in [1.807, 2.05) is 30.3 Å². The molecule has 0 bridgehead atoms. The van der Waals surface area contributed by atoms with Crippen LogP contribution >= 0.6 is 27.3 Å². The van der Waals surface area contributed by atoms with Crippen LogP contribution in [0, 0.1) is 0 Å². The normalized spacial score (nSPS) is 17.2. The van der Waals surface area contributed by atoms with Gasteiger partial charge in [-0.1, -0.05) is 34.1 Å². The van der Waals surface area contributed by atoms with E-state index < -0.39 is 0 Å². The molecular weight excluding hydrogens is 438 g/mol. The van der Waals surface area contributed by atoms with Crippen LogP contribution in [0.15, 0.2) is 64.1 Å². The molecule has 0 saturated carbocycles. The van der Waals surface area contributed by atoms with E-state index in [2.05, 4.69) is 38.3 Å². The van der Waals surface area contributed by atoms with Crippen LogP contribution in [0.25, 0.3) is 6.08 Å². The van der Waals surface area contributed by atoms with Gasteiger partial charge in [-0.2, -0.15) is 0 Å². The van der Waals surface area contributed by atoms with E-state index in [-0.39, 0.29) is 5.78 Å². The van der Waals surface area contributed by atoms with Crippen molar-refractivity contribution >= 4 is 39.1 Å². The number of ether oxygens (including phenoxy) is 2. The molecule has 3 heterocycles. The van der Waals surface area contributed by atoms with Crippen molar-refractivity contribution < 1.29 is 14.3 Å². The van der Waals surface area contributed by atoms with Crippen molar-refractivity contribution in [3.63, 3.8) is 0 Å². The first kappa shape index (κ1) is 17.7. The molecule has 2 aliphatic rings. The number of carbonyl (C=O) groups excluding carboxylic acids is 1. The molecule has 0 spiro atoms. The van der Waals surface area contributed by atoms with Crippen molar-refractivity contribution in [1.82, 2.24) is 4.90 Å². The number of hydrogen-bond donors (Lipinski definition) is 0. The smallest absolute Gasteiger partial charge is 0.231 e. The highest BCUT2D eigenvalue weighted by Crippen LogP contribution is 2.42. The second-order valence-electron chi connectivity index (χ2n) is 6.75. The van der Waals surface area contributed by atoms with Crippen molar-refractivity contribution in [1.29, 1.82) is 0 Å². The maximum absolute atomic E-state index is 12.8. The van der Waals surface area contributed by atoms with Gasteiger partial charge in [0.05, 0.1) is 11.1 Å². The largest absolute Gasteiger partial charge is 0.478 e. The van der Waals surface area contributed by atoms with E-state index in [0.29, 0.717) is 30.3 Å². The first-order valence-electron chi connectivity index (χ1n) is 8.90. The Labute approximate surface area is 175 Å². The fraction of sp³-hybridized carbons (Fsp3) is 0.136. The van der Waals surface area contributed by atoms with E-state index in [1.54, 1.807) is 23.5 Å². The molecule has 0 N–H and O–H groups in total. The van der Waals surface area contributed by atoms with Gasteiger partial charge in [0.15, 0.2) is 5.76 Å². The summed E-state index contributed by atoms with van der Waals surface area (Å²) in [6, 6.07) is 15.6. The molecule has 5 rings (SSSR count). The molecular formula is C22H16BrNO3S. The van der Waals surface area contributed by atoms with Gasteiger partial charge >= 0.3 is 0 Å². The maximum Gasteiger partial charge on any atom is 0.231 e. The number of nitrogens with zero attached hydrogens (tertiary/aromatic N) is 1. The topological polar surface area (TPSA) is 38.8 Å². The van der Waals surface area contributed by atoms with Crippen molar-refractivity contribution in [2.24, 2.45) is 0 Å². The minimum Gasteiger partial charge on any atom is -0.478 e. The summed E-state index contributed by atoms with van der Waals surface area (Å²) in [5.74, 6) is 1.68. The van der Waals surface area contributed by atoms with E-state index >= 15 is 0 Å². The summed E-state index contributed by atoms with van der Waals surface area (Å²) in [4.78, 5) is 16.3. The second-order valence-corrected chi connectivity index (χ2v) is 8.70. The van der Waals surface area contributed by atoms with E-state index in [1.165, 1.54) is 4.88 Å². The molecule has 0 amide bonds. The highest BCUT2D eigenvalue weighted by molar-refractivity contribution is 9.10. The Morgan fingerprint density at radius 2 is 2.00 bits per heavy atom. The van der Waals surface area contributed by atoms with E-state index in [4.69, 9.17) is 9.47 Å². The molecule has 28 heavy (non-hydrogen) atoms. The molecule has 1 aromatic heterocycles. The number of hydrogen-bond acceptors (Lipinski definition) is 5. The number of carbonyl (C=O) groups is 1. The van der Waals surface area contributed by atoms with Crippen molar-refractivity contribution in [3.8, 4) is 11.5 Å². The summed E-state index contributed by atoms with van der Waals surface area (Å²) >= 11 is 5.16. The molecule has 140 valence electrons. The van der Waals surface area contributed by atoms with Gasteiger partial charge in [-0.15, -0.1) is 11.3 Å². The van der Waals surface area contributed by atoms with Crippen LogP contribution in [0.4, 0.5) is 0 Å². The molecule has 0 atom stereocenters. The quantitative estimate of drug-likeness (QED) is 0.492. The lowest BCUT2D eigenvalue weighted by atomic mass is 10.0. The Morgan fingerprint density at radius 3 is 2.79 bits per heavy atom. The number of fused-ring (bicyclic) bond motifs is 3. The minimum atomic E-state index is -0.0869. The lowest BCUT2D eigenvalue weighted by molar-refractivity contribution is 0.0882. The lowest BCUT2D eigenvalue weighted by Crippen LogP contribution is -2.31. The third kappa shape index (κ3) is 3.28. The molecule has 2 aromatic carbocycles. The van der Waals surface area contributed by atoms with Crippen LogP contribution < -0.4 is 9.47 Å². The Morgan fingerprint density at radius 1 is 1.14 bits per heavy atom. The van der Waals surface area contributed by atoms with Gasteiger partial charge in [0.2, 0.25) is 5.78 Å². The number of halogens is 1. The number of benzene rings is 2. The van der Waals surface area contributed by atoms with Crippen molar-refractivity contribution in [3.05, 3.63) is 85.7 Å². The molecule has 0 radical (unpaired) electrons. The van der Waals surface area contributed by atoms with Crippen LogP contribution in [-0.4, -0.2) is 17.4 Å². The van der Waals surface area contributed by atoms with Gasteiger partial charge in [0.25, 0.3) is 0 Å². The minimum absolute atomic E-state index is 0.0869. The van der Waals surface area contributed by atoms with Crippen molar-refractivity contribution in [2.75, 3.05) is 6.73 Å². The summed E-state index contributed by atoms with van der Waals surface area (Å²) in [5.41, 5.74) is 2.46. The fourth-order valence-corrected chi connectivity index (χ4v) is 4.45. The lowest BCUT2D eigenvalue weighted by Gasteiger charge is -2.29. The molecule has 0 saturated heterocycles. The highest BCUT2D eigenvalue weighted by atomic mass is 79.9. The molecule has 6 heteroatoms. The Bertz CT molecular complexity index is 1070. The van der Waals surface area contributed by atoms with Gasteiger partial charge in [0.1, 0.15) is 18.2 Å². The summed E-state index contributed by atoms with van der Waals surface area (Å²) < 4.78 is 13.0. The Balaban J connectivity index is 1.44. The fourth-order valence-electron chi connectivity index (χ4n) is 3.44. The number of rotatable bonds is 3. The summed E-state index contributed by atoms with van der Waals surface area (Å²) in [7, 11) is 0. The zero-order valence-electron chi connectivity index (χ0n) is 14.9. The van der Waals surface area contributed by atoms with Crippen LogP contribution in [0.5, 0.6) is 11.5 Å². The SMILES string of the molecule is O=C1/C(=C/c2ccc(Br)cc2)Oc2c1ccc1c2CN(Cc2cccs2)CO1. The summed E-state index contributed by atoms with van der Waals surface area (Å²) in [6.07, 6.45) is 1.79. The molecule has 0 aliphatic carbocycles.